The number of amides is 4. The number of hydrogen-bond acceptors (Lipinski definition) is 5. The Morgan fingerprint density at radius 3 is 2.68 bits per heavy atom. The van der Waals surface area contributed by atoms with Gasteiger partial charge in [-0.2, -0.15) is 0 Å². The molecule has 28 heavy (non-hydrogen) atoms. The van der Waals surface area contributed by atoms with E-state index in [0.29, 0.717) is 6.42 Å². The minimum absolute atomic E-state index is 0.401. The van der Waals surface area contributed by atoms with Gasteiger partial charge >= 0.3 is 12.0 Å². The van der Waals surface area contributed by atoms with E-state index in [1.807, 2.05) is 6.92 Å². The molecule has 1 aromatic rings. The second kappa shape index (κ2) is 8.77. The Hall–Kier alpha value is -3.04. The number of carbonyl (C=O) groups is 4. The standard InChI is InChI=1S/C18H21F2N3O5/c1-3-4-7-18(2)16(26)23(17(27)22-18)9-15(25)28-10-14(24)21-13-8-11(19)5-6-12(13)20/h5-6,8H,3-4,7,9-10H2,1-2H3,(H,21,24)(H,22,27)/t18-/m1/s1. The normalized spacial score (nSPS) is 18.8. The van der Waals surface area contributed by atoms with Gasteiger partial charge in [-0.3, -0.25) is 19.3 Å². The number of imide groups is 1. The van der Waals surface area contributed by atoms with Crippen molar-refractivity contribution in [3.8, 4) is 0 Å². The molecule has 0 spiro atoms. The van der Waals surface area contributed by atoms with Gasteiger partial charge in [0.2, 0.25) is 0 Å². The van der Waals surface area contributed by atoms with Crippen LogP contribution >= 0.6 is 0 Å². The van der Waals surface area contributed by atoms with Crippen LogP contribution in [0.15, 0.2) is 18.2 Å². The number of halogens is 2. The SMILES string of the molecule is CCCC[C@@]1(C)NC(=O)N(CC(=O)OCC(=O)Nc2cc(F)ccc2F)C1=O. The van der Waals surface area contributed by atoms with Crippen LogP contribution in [0, 0.1) is 11.6 Å². The van der Waals surface area contributed by atoms with Crippen molar-refractivity contribution in [2.45, 2.75) is 38.6 Å². The summed E-state index contributed by atoms with van der Waals surface area (Å²) in [7, 11) is 0. The molecule has 10 heteroatoms. The van der Waals surface area contributed by atoms with Crippen LogP contribution in [0.1, 0.15) is 33.1 Å². The third-order valence-electron chi connectivity index (χ3n) is 4.23. The smallest absolute Gasteiger partial charge is 0.326 e. The van der Waals surface area contributed by atoms with Gasteiger partial charge in [0.25, 0.3) is 11.8 Å². The van der Waals surface area contributed by atoms with E-state index in [0.717, 1.165) is 35.9 Å². The molecule has 8 nitrogen and oxygen atoms in total. The monoisotopic (exact) mass is 397 g/mol. The lowest BCUT2D eigenvalue weighted by molar-refractivity contribution is -0.150. The molecule has 0 aliphatic carbocycles. The van der Waals surface area contributed by atoms with E-state index in [1.54, 1.807) is 6.92 Å². The Kier molecular flexibility index (Phi) is 6.66. The van der Waals surface area contributed by atoms with Gasteiger partial charge in [0.05, 0.1) is 5.69 Å². The maximum atomic E-state index is 13.5. The third kappa shape index (κ3) is 5.02. The summed E-state index contributed by atoms with van der Waals surface area (Å²) in [5, 5.41) is 4.62. The topological polar surface area (TPSA) is 105 Å². The highest BCUT2D eigenvalue weighted by atomic mass is 19.1. The third-order valence-corrected chi connectivity index (χ3v) is 4.23. The van der Waals surface area contributed by atoms with E-state index in [1.165, 1.54) is 0 Å². The summed E-state index contributed by atoms with van der Waals surface area (Å²) in [6.07, 6.45) is 1.99. The Labute approximate surface area is 160 Å². The van der Waals surface area contributed by atoms with Crippen molar-refractivity contribution in [3.05, 3.63) is 29.8 Å². The van der Waals surface area contributed by atoms with Crippen LogP contribution in [0.4, 0.5) is 19.3 Å². The van der Waals surface area contributed by atoms with Crippen molar-refractivity contribution in [2.75, 3.05) is 18.5 Å². The number of carbonyl (C=O) groups excluding carboxylic acids is 4. The number of nitrogens with zero attached hydrogens (tertiary/aromatic N) is 1. The Bertz CT molecular complexity index is 801. The highest BCUT2D eigenvalue weighted by Gasteiger charge is 2.47. The largest absolute Gasteiger partial charge is 0.454 e. The molecular formula is C18H21F2N3O5. The molecule has 1 heterocycles. The number of benzene rings is 1. The van der Waals surface area contributed by atoms with Crippen molar-refractivity contribution in [3.63, 3.8) is 0 Å². The summed E-state index contributed by atoms with van der Waals surface area (Å²) in [6, 6.07) is 1.79. The maximum Gasteiger partial charge on any atom is 0.326 e. The first-order valence-corrected chi connectivity index (χ1v) is 8.71. The lowest BCUT2D eigenvalue weighted by atomic mass is 9.95. The fourth-order valence-corrected chi connectivity index (χ4v) is 2.69. The first-order chi connectivity index (χ1) is 13.2. The summed E-state index contributed by atoms with van der Waals surface area (Å²) < 4.78 is 31.3. The zero-order valence-corrected chi connectivity index (χ0v) is 15.5. The van der Waals surface area contributed by atoms with Crippen LogP contribution in [-0.2, 0) is 19.1 Å². The summed E-state index contributed by atoms with van der Waals surface area (Å²) in [4.78, 5) is 48.7. The van der Waals surface area contributed by atoms with E-state index in [2.05, 4.69) is 10.6 Å². The number of anilines is 1. The number of esters is 1. The Morgan fingerprint density at radius 2 is 2.00 bits per heavy atom. The molecule has 1 aliphatic rings. The van der Waals surface area contributed by atoms with Crippen LogP contribution in [0.3, 0.4) is 0 Å². The average molecular weight is 397 g/mol. The molecule has 1 atom stereocenters. The molecule has 1 aliphatic heterocycles. The van der Waals surface area contributed by atoms with E-state index in [4.69, 9.17) is 4.74 Å². The van der Waals surface area contributed by atoms with Crippen LogP contribution in [0.5, 0.6) is 0 Å². The molecular weight excluding hydrogens is 376 g/mol. The second-order valence-corrected chi connectivity index (χ2v) is 6.59. The lowest BCUT2D eigenvalue weighted by Gasteiger charge is -2.21. The van der Waals surface area contributed by atoms with Crippen molar-refractivity contribution in [1.29, 1.82) is 0 Å². The molecule has 4 amide bonds. The van der Waals surface area contributed by atoms with E-state index < -0.39 is 59.8 Å². The van der Waals surface area contributed by atoms with Gasteiger partial charge in [-0.15, -0.1) is 0 Å². The predicted octanol–water partition coefficient (Wildman–Crippen LogP) is 1.95. The van der Waals surface area contributed by atoms with Gasteiger partial charge in [0, 0.05) is 6.07 Å². The number of rotatable bonds is 8. The van der Waals surface area contributed by atoms with Gasteiger partial charge < -0.3 is 15.4 Å². The highest BCUT2D eigenvalue weighted by molar-refractivity contribution is 6.08. The van der Waals surface area contributed by atoms with Crippen LogP contribution in [-0.4, -0.2) is 47.4 Å². The zero-order chi connectivity index (χ0) is 20.9. The molecule has 152 valence electrons. The number of urea groups is 1. The van der Waals surface area contributed by atoms with Gasteiger partial charge in [-0.25, -0.2) is 13.6 Å². The second-order valence-electron chi connectivity index (χ2n) is 6.59. The van der Waals surface area contributed by atoms with Crippen molar-refractivity contribution < 1.29 is 32.7 Å². The van der Waals surface area contributed by atoms with Gasteiger partial charge in [-0.1, -0.05) is 19.8 Å². The molecule has 1 aromatic carbocycles. The quantitative estimate of drug-likeness (QED) is 0.515. The summed E-state index contributed by atoms with van der Waals surface area (Å²) in [6.45, 7) is 2.08. The fraction of sp³-hybridized carbons (Fsp3) is 0.444. The molecule has 0 radical (unpaired) electrons. The van der Waals surface area contributed by atoms with Gasteiger partial charge in [-0.05, 0) is 25.5 Å². The van der Waals surface area contributed by atoms with E-state index in [-0.39, 0.29) is 0 Å². The number of unbranched alkanes of at least 4 members (excludes halogenated alkanes) is 1. The molecule has 0 saturated carbocycles. The first-order valence-electron chi connectivity index (χ1n) is 8.71. The fourth-order valence-electron chi connectivity index (χ4n) is 2.69. The van der Waals surface area contributed by atoms with E-state index >= 15 is 0 Å². The van der Waals surface area contributed by atoms with Crippen LogP contribution in [0.25, 0.3) is 0 Å². The zero-order valence-electron chi connectivity index (χ0n) is 15.5. The molecule has 2 N–H and O–H groups in total. The predicted molar refractivity (Wildman–Crippen MR) is 94.1 cm³/mol. The minimum Gasteiger partial charge on any atom is -0.454 e. The molecule has 0 bridgehead atoms. The summed E-state index contributed by atoms with van der Waals surface area (Å²) in [5.41, 5.74) is -1.48. The maximum absolute atomic E-state index is 13.5. The Morgan fingerprint density at radius 1 is 1.29 bits per heavy atom. The molecule has 1 fully saturated rings. The highest BCUT2D eigenvalue weighted by Crippen LogP contribution is 2.23. The molecule has 0 aromatic heterocycles. The first kappa shape index (κ1) is 21.3. The van der Waals surface area contributed by atoms with Crippen LogP contribution < -0.4 is 10.6 Å². The number of hydrogen-bond donors (Lipinski definition) is 2. The van der Waals surface area contributed by atoms with Crippen molar-refractivity contribution in [1.82, 2.24) is 10.2 Å². The van der Waals surface area contributed by atoms with E-state index in [9.17, 15) is 28.0 Å². The molecule has 0 unspecified atom stereocenters. The van der Waals surface area contributed by atoms with Crippen molar-refractivity contribution in [2.24, 2.45) is 0 Å². The van der Waals surface area contributed by atoms with Crippen LogP contribution in [0.2, 0.25) is 0 Å². The minimum atomic E-state index is -1.08. The number of nitrogens with one attached hydrogen (secondary N) is 2. The lowest BCUT2D eigenvalue weighted by Crippen LogP contribution is -2.44. The average Bonchev–Trinajstić information content (AvgIpc) is 2.85. The Balaban J connectivity index is 1.86. The number of ether oxygens (including phenoxy) is 1. The summed E-state index contributed by atoms with van der Waals surface area (Å²) >= 11 is 0. The van der Waals surface area contributed by atoms with Gasteiger partial charge in [0.1, 0.15) is 23.7 Å². The van der Waals surface area contributed by atoms with Gasteiger partial charge in [0.15, 0.2) is 6.61 Å². The van der Waals surface area contributed by atoms with Crippen molar-refractivity contribution >= 4 is 29.5 Å². The molecule has 1 saturated heterocycles. The molecule has 2 rings (SSSR count). The summed E-state index contributed by atoms with van der Waals surface area (Å²) in [5.74, 6) is -4.04.